The Labute approximate surface area is 141 Å². The maximum atomic E-state index is 12.2. The number of nitrogens with one attached hydrogen (secondary N) is 2. The van der Waals surface area contributed by atoms with Crippen LogP contribution in [-0.2, 0) is 21.2 Å². The number of rotatable bonds is 7. The summed E-state index contributed by atoms with van der Waals surface area (Å²) < 4.78 is 23.0. The molecule has 0 fully saturated rings. The molecule has 0 spiro atoms. The number of hydrogen-bond acceptors (Lipinski definition) is 5. The van der Waals surface area contributed by atoms with Gasteiger partial charge in [-0.3, -0.25) is 4.79 Å². The molecule has 8 nitrogen and oxygen atoms in total. The van der Waals surface area contributed by atoms with Crippen LogP contribution in [0.25, 0.3) is 0 Å². The first-order valence-corrected chi connectivity index (χ1v) is 9.30. The molecule has 1 unspecified atom stereocenters. The van der Waals surface area contributed by atoms with E-state index in [1.54, 1.807) is 13.1 Å². The Kier molecular flexibility index (Phi) is 7.20. The van der Waals surface area contributed by atoms with Crippen molar-refractivity contribution in [3.63, 3.8) is 0 Å². The SMILES string of the molecule is CCN(C#N)C(=O)C(CS(C)(=O)=O)NC(=O)NCc1ccccc1. The molecule has 1 aromatic rings. The maximum absolute atomic E-state index is 12.2. The molecule has 0 aliphatic rings. The van der Waals surface area contributed by atoms with Crippen LogP contribution in [-0.4, -0.2) is 49.9 Å². The number of nitriles is 1. The Hall–Kier alpha value is -2.60. The molecule has 0 bridgehead atoms. The van der Waals surface area contributed by atoms with Crippen molar-refractivity contribution < 1.29 is 18.0 Å². The summed E-state index contributed by atoms with van der Waals surface area (Å²) in [6, 6.07) is 7.09. The minimum atomic E-state index is -3.53. The highest BCUT2D eigenvalue weighted by molar-refractivity contribution is 7.90. The lowest BCUT2D eigenvalue weighted by atomic mass is 10.2. The zero-order chi connectivity index (χ0) is 18.2. The van der Waals surface area contributed by atoms with Gasteiger partial charge in [-0.25, -0.2) is 18.1 Å². The van der Waals surface area contributed by atoms with Crippen molar-refractivity contribution in [3.8, 4) is 6.19 Å². The van der Waals surface area contributed by atoms with Gasteiger partial charge in [-0.1, -0.05) is 30.3 Å². The topological polar surface area (TPSA) is 119 Å². The fourth-order valence-corrected chi connectivity index (χ4v) is 2.76. The molecule has 9 heteroatoms. The molecule has 0 radical (unpaired) electrons. The Bertz CT molecular complexity index is 713. The summed E-state index contributed by atoms with van der Waals surface area (Å²) >= 11 is 0. The lowest BCUT2D eigenvalue weighted by molar-refractivity contribution is -0.129. The van der Waals surface area contributed by atoms with Gasteiger partial charge in [0.1, 0.15) is 15.9 Å². The van der Waals surface area contributed by atoms with Gasteiger partial charge in [-0.05, 0) is 12.5 Å². The molecule has 0 saturated heterocycles. The van der Waals surface area contributed by atoms with Crippen molar-refractivity contribution in [2.75, 3.05) is 18.6 Å². The number of amides is 3. The fourth-order valence-electron chi connectivity index (χ4n) is 1.93. The third-order valence-corrected chi connectivity index (χ3v) is 4.01. The van der Waals surface area contributed by atoms with Crippen LogP contribution in [0, 0.1) is 11.5 Å². The van der Waals surface area contributed by atoms with Crippen LogP contribution >= 0.6 is 0 Å². The summed E-state index contributed by atoms with van der Waals surface area (Å²) in [7, 11) is -3.53. The highest BCUT2D eigenvalue weighted by atomic mass is 32.2. The van der Waals surface area contributed by atoms with Gasteiger partial charge in [0.25, 0.3) is 5.91 Å². The average molecular weight is 352 g/mol. The number of nitrogens with zero attached hydrogens (tertiary/aromatic N) is 2. The summed E-state index contributed by atoms with van der Waals surface area (Å²) in [5.74, 6) is -1.34. The largest absolute Gasteiger partial charge is 0.334 e. The Balaban J connectivity index is 2.75. The van der Waals surface area contributed by atoms with Crippen molar-refractivity contribution >= 4 is 21.8 Å². The second-order valence-corrected chi connectivity index (χ2v) is 7.32. The first kappa shape index (κ1) is 19.4. The molecule has 3 amide bonds. The monoisotopic (exact) mass is 352 g/mol. The highest BCUT2D eigenvalue weighted by Gasteiger charge is 2.28. The standard InChI is InChI=1S/C15H20N4O4S/c1-3-19(11-16)14(20)13(10-24(2,22)23)18-15(21)17-9-12-7-5-4-6-8-12/h4-8,13H,3,9-10H2,1-2H3,(H2,17,18,21). The van der Waals surface area contributed by atoms with Gasteiger partial charge in [-0.15, -0.1) is 0 Å². The maximum Gasteiger partial charge on any atom is 0.315 e. The summed E-state index contributed by atoms with van der Waals surface area (Å²) in [5, 5.41) is 13.8. The number of carbonyl (C=O) groups excluding carboxylic acids is 2. The van der Waals surface area contributed by atoms with Gasteiger partial charge in [-0.2, -0.15) is 5.26 Å². The number of hydrogen-bond donors (Lipinski definition) is 2. The Morgan fingerprint density at radius 3 is 2.42 bits per heavy atom. The number of sulfone groups is 1. The smallest absolute Gasteiger partial charge is 0.315 e. The van der Waals surface area contributed by atoms with Crippen molar-refractivity contribution in [2.24, 2.45) is 0 Å². The molecule has 130 valence electrons. The third kappa shape index (κ3) is 6.66. The second kappa shape index (κ2) is 8.88. The Morgan fingerprint density at radius 2 is 1.92 bits per heavy atom. The molecular formula is C15H20N4O4S. The van der Waals surface area contributed by atoms with Crippen molar-refractivity contribution in [1.29, 1.82) is 5.26 Å². The molecule has 2 N–H and O–H groups in total. The predicted octanol–water partition coefficient (Wildman–Crippen LogP) is 0.229. The summed E-state index contributed by atoms with van der Waals surface area (Å²) in [6.45, 7) is 1.89. The molecule has 0 saturated carbocycles. The lowest BCUT2D eigenvalue weighted by Crippen LogP contribution is -2.53. The average Bonchev–Trinajstić information content (AvgIpc) is 2.53. The van der Waals surface area contributed by atoms with Gasteiger partial charge in [0.15, 0.2) is 6.19 Å². The van der Waals surface area contributed by atoms with E-state index in [0.29, 0.717) is 0 Å². The zero-order valence-electron chi connectivity index (χ0n) is 13.5. The molecule has 0 heterocycles. The molecular weight excluding hydrogens is 332 g/mol. The van der Waals surface area contributed by atoms with E-state index >= 15 is 0 Å². The molecule has 1 aromatic carbocycles. The van der Waals surface area contributed by atoms with E-state index in [-0.39, 0.29) is 13.1 Å². The van der Waals surface area contributed by atoms with Crippen molar-refractivity contribution in [3.05, 3.63) is 35.9 Å². The van der Waals surface area contributed by atoms with E-state index in [1.165, 1.54) is 0 Å². The normalized spacial score (nSPS) is 11.9. The van der Waals surface area contributed by atoms with E-state index in [0.717, 1.165) is 16.7 Å². The van der Waals surface area contributed by atoms with E-state index < -0.39 is 33.6 Å². The van der Waals surface area contributed by atoms with Gasteiger partial charge >= 0.3 is 6.03 Å². The van der Waals surface area contributed by atoms with Crippen LogP contribution in [0.5, 0.6) is 0 Å². The van der Waals surface area contributed by atoms with Crippen molar-refractivity contribution in [2.45, 2.75) is 19.5 Å². The summed E-state index contributed by atoms with van der Waals surface area (Å²) in [5.41, 5.74) is 0.853. The molecule has 1 rings (SSSR count). The first-order valence-electron chi connectivity index (χ1n) is 7.24. The van der Waals surface area contributed by atoms with Gasteiger partial charge in [0.2, 0.25) is 0 Å². The number of carbonyl (C=O) groups is 2. The van der Waals surface area contributed by atoms with Gasteiger partial charge in [0.05, 0.1) is 5.75 Å². The number of benzene rings is 1. The van der Waals surface area contributed by atoms with Gasteiger partial charge < -0.3 is 10.6 Å². The van der Waals surface area contributed by atoms with Crippen LogP contribution in [0.4, 0.5) is 4.79 Å². The van der Waals surface area contributed by atoms with Crippen LogP contribution < -0.4 is 10.6 Å². The van der Waals surface area contributed by atoms with Crippen LogP contribution in [0.2, 0.25) is 0 Å². The quantitative estimate of drug-likeness (QED) is 0.538. The highest BCUT2D eigenvalue weighted by Crippen LogP contribution is 2.00. The zero-order valence-corrected chi connectivity index (χ0v) is 14.3. The summed E-state index contributed by atoms with van der Waals surface area (Å²) in [6.07, 6.45) is 2.62. The first-order chi connectivity index (χ1) is 11.3. The molecule has 24 heavy (non-hydrogen) atoms. The van der Waals surface area contributed by atoms with E-state index in [2.05, 4.69) is 10.6 Å². The van der Waals surface area contributed by atoms with E-state index in [1.807, 2.05) is 30.3 Å². The third-order valence-electron chi connectivity index (χ3n) is 3.07. The van der Waals surface area contributed by atoms with E-state index in [4.69, 9.17) is 5.26 Å². The fraction of sp³-hybridized carbons (Fsp3) is 0.400. The minimum Gasteiger partial charge on any atom is -0.334 e. The lowest BCUT2D eigenvalue weighted by Gasteiger charge is -2.21. The van der Waals surface area contributed by atoms with Crippen LogP contribution in [0.1, 0.15) is 12.5 Å². The molecule has 1 atom stereocenters. The van der Waals surface area contributed by atoms with Crippen LogP contribution in [0.3, 0.4) is 0 Å². The van der Waals surface area contributed by atoms with Crippen LogP contribution in [0.15, 0.2) is 30.3 Å². The predicted molar refractivity (Wildman–Crippen MR) is 88.3 cm³/mol. The minimum absolute atomic E-state index is 0.0862. The molecule has 0 aliphatic heterocycles. The Morgan fingerprint density at radius 1 is 1.29 bits per heavy atom. The summed E-state index contributed by atoms with van der Waals surface area (Å²) in [4.78, 5) is 24.9. The molecule has 0 aromatic heterocycles. The van der Waals surface area contributed by atoms with E-state index in [9.17, 15) is 18.0 Å². The second-order valence-electron chi connectivity index (χ2n) is 5.14. The number of urea groups is 1. The van der Waals surface area contributed by atoms with Gasteiger partial charge in [0, 0.05) is 19.3 Å². The van der Waals surface area contributed by atoms with Crippen molar-refractivity contribution in [1.82, 2.24) is 15.5 Å². The molecule has 0 aliphatic carbocycles. The number of likely N-dealkylation sites (N-methyl/N-ethyl adjacent to an activating group) is 1.